The molecular formula is C32H52O2. The fraction of sp³-hybridized carbons (Fsp3) is 0.906. The number of hydrogen-bond acceptors (Lipinski definition) is 2. The van der Waals surface area contributed by atoms with E-state index in [4.69, 9.17) is 4.74 Å². The van der Waals surface area contributed by atoms with E-state index in [1.165, 1.54) is 57.8 Å². The van der Waals surface area contributed by atoms with E-state index in [-0.39, 0.29) is 17.5 Å². The van der Waals surface area contributed by atoms with E-state index < -0.39 is 0 Å². The first kappa shape index (κ1) is 24.9. The van der Waals surface area contributed by atoms with Gasteiger partial charge in [0.25, 0.3) is 0 Å². The molecule has 5 aliphatic carbocycles. The van der Waals surface area contributed by atoms with Gasteiger partial charge in [-0.05, 0) is 109 Å². The molecule has 34 heavy (non-hydrogen) atoms. The quantitative estimate of drug-likeness (QED) is 0.284. The molecule has 4 fully saturated rings. The summed E-state index contributed by atoms with van der Waals surface area (Å²) >= 11 is 0. The molecule has 0 N–H and O–H groups in total. The minimum absolute atomic E-state index is 0.0451. The molecule has 0 saturated heterocycles. The van der Waals surface area contributed by atoms with Gasteiger partial charge in [-0.15, -0.1) is 0 Å². The summed E-state index contributed by atoms with van der Waals surface area (Å²) in [7, 11) is 0. The normalized spacial score (nSPS) is 51.1. The molecule has 5 rings (SSSR count). The van der Waals surface area contributed by atoms with E-state index in [1.807, 2.05) is 5.57 Å². The van der Waals surface area contributed by atoms with Crippen LogP contribution >= 0.6 is 0 Å². The van der Waals surface area contributed by atoms with Crippen LogP contribution in [0.25, 0.3) is 0 Å². The fourth-order valence-electron chi connectivity index (χ4n) is 10.9. The second-order valence-electron chi connectivity index (χ2n) is 15.8. The number of esters is 1. The highest BCUT2D eigenvalue weighted by Crippen LogP contribution is 2.75. The third-order valence-electron chi connectivity index (χ3n) is 13.3. The van der Waals surface area contributed by atoms with Crippen molar-refractivity contribution < 1.29 is 9.53 Å². The van der Waals surface area contributed by atoms with Crippen molar-refractivity contribution in [2.24, 2.45) is 50.2 Å². The average molecular weight is 469 g/mol. The SMILES string of the molecule is CC(=O)O[C@H]1CC[C@]2(C)[C@H]3CC=C4C5CC(C)(C)CC[C@]5(C)CC[C@@]4(C)[C@]3(C)CC[C@H]2C1(C)C. The van der Waals surface area contributed by atoms with Crippen molar-refractivity contribution in [3.63, 3.8) is 0 Å². The molecule has 192 valence electrons. The lowest BCUT2D eigenvalue weighted by Gasteiger charge is -2.71. The molecule has 0 radical (unpaired) electrons. The Bertz CT molecular complexity index is 897. The lowest BCUT2D eigenvalue weighted by Crippen LogP contribution is -2.64. The van der Waals surface area contributed by atoms with E-state index in [2.05, 4.69) is 61.5 Å². The zero-order valence-electron chi connectivity index (χ0n) is 23.8. The third-order valence-corrected chi connectivity index (χ3v) is 13.3. The predicted molar refractivity (Wildman–Crippen MR) is 140 cm³/mol. The van der Waals surface area contributed by atoms with Gasteiger partial charge in [-0.1, -0.05) is 67.0 Å². The first-order chi connectivity index (χ1) is 15.6. The van der Waals surface area contributed by atoms with Gasteiger partial charge in [0, 0.05) is 12.3 Å². The van der Waals surface area contributed by atoms with Gasteiger partial charge in [0.1, 0.15) is 6.10 Å². The minimum Gasteiger partial charge on any atom is -0.462 e. The molecule has 1 unspecified atom stereocenters. The summed E-state index contributed by atoms with van der Waals surface area (Å²) in [5.74, 6) is 2.01. The molecule has 2 nitrogen and oxygen atoms in total. The average Bonchev–Trinajstić information content (AvgIpc) is 2.72. The van der Waals surface area contributed by atoms with Crippen molar-refractivity contribution >= 4 is 5.97 Å². The van der Waals surface area contributed by atoms with Crippen LogP contribution in [0.1, 0.15) is 127 Å². The van der Waals surface area contributed by atoms with Crippen LogP contribution in [0.3, 0.4) is 0 Å². The van der Waals surface area contributed by atoms with E-state index in [0.29, 0.717) is 33.0 Å². The fourth-order valence-corrected chi connectivity index (χ4v) is 10.9. The minimum atomic E-state index is -0.110. The molecule has 0 bridgehead atoms. The molecule has 8 atom stereocenters. The zero-order chi connectivity index (χ0) is 24.9. The Labute approximate surface area is 210 Å². The molecule has 0 aromatic carbocycles. The molecule has 0 amide bonds. The number of carbonyl (C=O) groups excluding carboxylic acids is 1. The van der Waals surface area contributed by atoms with E-state index >= 15 is 0 Å². The first-order valence-electron chi connectivity index (χ1n) is 14.5. The van der Waals surface area contributed by atoms with Crippen LogP contribution in [0.2, 0.25) is 0 Å². The van der Waals surface area contributed by atoms with Crippen LogP contribution in [0.15, 0.2) is 11.6 Å². The second-order valence-corrected chi connectivity index (χ2v) is 15.8. The third kappa shape index (κ3) is 3.21. The number of ether oxygens (including phenoxy) is 1. The van der Waals surface area contributed by atoms with E-state index in [9.17, 15) is 4.79 Å². The van der Waals surface area contributed by atoms with E-state index in [1.54, 1.807) is 6.92 Å². The highest BCUT2D eigenvalue weighted by Gasteiger charge is 2.68. The van der Waals surface area contributed by atoms with Crippen molar-refractivity contribution in [1.29, 1.82) is 0 Å². The summed E-state index contributed by atoms with van der Waals surface area (Å²) in [6.45, 7) is 22.0. The van der Waals surface area contributed by atoms with E-state index in [0.717, 1.165) is 18.3 Å². The Morgan fingerprint density at radius 2 is 1.53 bits per heavy atom. The van der Waals surface area contributed by atoms with Crippen LogP contribution in [0.4, 0.5) is 0 Å². The van der Waals surface area contributed by atoms with Crippen LogP contribution in [-0.4, -0.2) is 12.1 Å². The summed E-state index contributed by atoms with van der Waals surface area (Å²) < 4.78 is 5.91. The molecule has 0 spiro atoms. The van der Waals surface area contributed by atoms with Crippen LogP contribution < -0.4 is 0 Å². The molecule has 0 aromatic heterocycles. The number of hydrogen-bond donors (Lipinski definition) is 0. The summed E-state index contributed by atoms with van der Waals surface area (Å²) in [6.07, 6.45) is 15.9. The second kappa shape index (κ2) is 7.38. The molecule has 0 aliphatic heterocycles. The summed E-state index contributed by atoms with van der Waals surface area (Å²) in [4.78, 5) is 11.9. The van der Waals surface area contributed by atoms with Gasteiger partial charge in [-0.2, -0.15) is 0 Å². The maximum absolute atomic E-state index is 11.9. The zero-order valence-corrected chi connectivity index (χ0v) is 23.8. The van der Waals surface area contributed by atoms with Crippen molar-refractivity contribution in [2.45, 2.75) is 133 Å². The Hall–Kier alpha value is -0.790. The van der Waals surface area contributed by atoms with Crippen molar-refractivity contribution in [1.82, 2.24) is 0 Å². The smallest absolute Gasteiger partial charge is 0.302 e. The molecule has 5 aliphatic rings. The van der Waals surface area contributed by atoms with Crippen LogP contribution in [0.5, 0.6) is 0 Å². The molecule has 0 heterocycles. The topological polar surface area (TPSA) is 26.3 Å². The maximum atomic E-state index is 11.9. The van der Waals surface area contributed by atoms with Gasteiger partial charge in [0.2, 0.25) is 0 Å². The summed E-state index contributed by atoms with van der Waals surface area (Å²) in [5.41, 5.74) is 3.92. The van der Waals surface area contributed by atoms with Gasteiger partial charge in [-0.25, -0.2) is 0 Å². The van der Waals surface area contributed by atoms with Crippen LogP contribution in [-0.2, 0) is 9.53 Å². The van der Waals surface area contributed by atoms with Crippen molar-refractivity contribution in [3.05, 3.63) is 11.6 Å². The lowest BCUT2D eigenvalue weighted by molar-refractivity contribution is -0.211. The van der Waals surface area contributed by atoms with Gasteiger partial charge >= 0.3 is 5.97 Å². The Morgan fingerprint density at radius 3 is 2.21 bits per heavy atom. The summed E-state index contributed by atoms with van der Waals surface area (Å²) in [5, 5.41) is 0. The maximum Gasteiger partial charge on any atom is 0.302 e. The van der Waals surface area contributed by atoms with Gasteiger partial charge in [-0.3, -0.25) is 4.79 Å². The highest BCUT2D eigenvalue weighted by molar-refractivity contribution is 5.66. The Kier molecular flexibility index (Phi) is 5.40. The number of rotatable bonds is 1. The van der Waals surface area contributed by atoms with Crippen molar-refractivity contribution in [2.75, 3.05) is 0 Å². The van der Waals surface area contributed by atoms with Crippen molar-refractivity contribution in [3.8, 4) is 0 Å². The monoisotopic (exact) mass is 468 g/mol. The number of allylic oxidation sites excluding steroid dienone is 2. The van der Waals surface area contributed by atoms with Crippen LogP contribution in [0, 0.1) is 50.2 Å². The standard InChI is InChI=1S/C32H52O2/c1-21(33)34-26-13-14-30(7)24(28(26,4)5)12-15-32(9)25(30)11-10-22-23-20-27(2,3)16-17-29(23,6)18-19-31(22,32)8/h10,23-26H,11-20H2,1-9H3/t23?,24-,25+,26-,29+,30-,31+,32+/m0/s1. The summed E-state index contributed by atoms with van der Waals surface area (Å²) in [6, 6.07) is 0. The number of carbonyl (C=O) groups is 1. The molecule has 0 aromatic rings. The Morgan fingerprint density at radius 1 is 0.853 bits per heavy atom. The highest BCUT2D eigenvalue weighted by atomic mass is 16.5. The van der Waals surface area contributed by atoms with Gasteiger partial charge < -0.3 is 4.74 Å². The van der Waals surface area contributed by atoms with Gasteiger partial charge in [0.15, 0.2) is 0 Å². The first-order valence-corrected chi connectivity index (χ1v) is 14.5. The molecular weight excluding hydrogens is 416 g/mol. The number of fused-ring (bicyclic) bond motifs is 7. The largest absolute Gasteiger partial charge is 0.462 e. The van der Waals surface area contributed by atoms with Gasteiger partial charge in [0.05, 0.1) is 0 Å². The predicted octanol–water partition coefficient (Wildman–Crippen LogP) is 8.74. The lowest BCUT2D eigenvalue weighted by atomic mass is 9.33. The molecule has 2 heteroatoms. The Balaban J connectivity index is 1.53. The molecule has 4 saturated carbocycles.